The van der Waals surface area contributed by atoms with Crippen LogP contribution in [0, 0.1) is 23.2 Å². The summed E-state index contributed by atoms with van der Waals surface area (Å²) in [5.41, 5.74) is 4.81. The lowest BCUT2D eigenvalue weighted by Crippen LogP contribution is -2.50. The predicted octanol–water partition coefficient (Wildman–Crippen LogP) is 8.68. The summed E-state index contributed by atoms with van der Waals surface area (Å²) in [6.45, 7) is 18.9. The van der Waals surface area contributed by atoms with E-state index in [0.717, 1.165) is 17.9 Å². The number of fused-ring (bicyclic) bond motifs is 5. The zero-order valence-corrected chi connectivity index (χ0v) is 26.0. The molecule has 1 aromatic rings. The van der Waals surface area contributed by atoms with E-state index in [2.05, 4.69) is 60.6 Å². The van der Waals surface area contributed by atoms with Gasteiger partial charge in [-0.25, -0.2) is 0 Å². The van der Waals surface area contributed by atoms with Crippen LogP contribution < -0.4 is 9.16 Å². The number of aryl methyl sites for hydroxylation is 1. The highest BCUT2D eigenvalue weighted by atomic mass is 28.4. The molecule has 0 radical (unpaired) electrons. The second-order valence-electron chi connectivity index (χ2n) is 13.4. The van der Waals surface area contributed by atoms with Gasteiger partial charge in [0.1, 0.15) is 5.75 Å². The molecule has 0 spiro atoms. The van der Waals surface area contributed by atoms with Crippen molar-refractivity contribution in [3.63, 3.8) is 0 Å². The Labute approximate surface area is 227 Å². The van der Waals surface area contributed by atoms with Crippen molar-refractivity contribution >= 4 is 14.3 Å². The number of carbonyl (C=O) groups excluding carboxylic acids is 1. The van der Waals surface area contributed by atoms with Crippen LogP contribution in [0.1, 0.15) is 111 Å². The molecule has 3 aliphatic carbocycles. The molecule has 0 unspecified atom stereocenters. The molecule has 0 heterocycles. The number of benzene rings is 1. The zero-order valence-electron chi connectivity index (χ0n) is 25.0. The summed E-state index contributed by atoms with van der Waals surface area (Å²) in [6, 6.07) is 4.70. The summed E-state index contributed by atoms with van der Waals surface area (Å²) in [6.07, 6.45) is 7.78. The molecule has 2 fully saturated rings. The zero-order chi connectivity index (χ0) is 27.1. The van der Waals surface area contributed by atoms with Gasteiger partial charge in [0.25, 0.3) is 8.32 Å². The van der Waals surface area contributed by atoms with E-state index >= 15 is 0 Å². The van der Waals surface area contributed by atoms with Crippen LogP contribution in [0.4, 0.5) is 0 Å². The standard InChI is InChI=1S/C32H52O4Si/c1-10-35-31(33)18-24-12-14-28-26-13-11-23-17-30(36-37(20(2)3,21(4)5)22(6)7)29(34-9)19-27(23)25(26)15-16-32(24,28)8/h17,19-22,24-26,28H,10-16,18H2,1-9H3/t24-,25+,26-,28+,32-/m1/s1. The monoisotopic (exact) mass is 528 g/mol. The molecule has 5 heteroatoms. The van der Waals surface area contributed by atoms with Crippen molar-refractivity contribution in [2.75, 3.05) is 13.7 Å². The van der Waals surface area contributed by atoms with E-state index in [-0.39, 0.29) is 11.4 Å². The predicted molar refractivity (Wildman–Crippen MR) is 154 cm³/mol. The van der Waals surface area contributed by atoms with Crippen LogP contribution in [0.5, 0.6) is 11.5 Å². The average molecular weight is 529 g/mol. The Balaban J connectivity index is 1.62. The van der Waals surface area contributed by atoms with Gasteiger partial charge in [-0.15, -0.1) is 0 Å². The second kappa shape index (κ2) is 10.9. The fourth-order valence-corrected chi connectivity index (χ4v) is 14.5. The first kappa shape index (κ1) is 28.5. The number of hydrogen-bond donors (Lipinski definition) is 0. The first-order valence-electron chi connectivity index (χ1n) is 15.0. The van der Waals surface area contributed by atoms with E-state index in [1.54, 1.807) is 7.11 Å². The first-order valence-corrected chi connectivity index (χ1v) is 17.2. The van der Waals surface area contributed by atoms with Crippen molar-refractivity contribution in [2.24, 2.45) is 23.2 Å². The van der Waals surface area contributed by atoms with Gasteiger partial charge in [-0.2, -0.15) is 0 Å². The van der Waals surface area contributed by atoms with Gasteiger partial charge < -0.3 is 13.9 Å². The molecule has 0 amide bonds. The van der Waals surface area contributed by atoms with Gasteiger partial charge in [-0.1, -0.05) is 48.5 Å². The Bertz CT molecular complexity index is 948. The number of methoxy groups -OCH3 is 1. The third-order valence-electron chi connectivity index (χ3n) is 10.9. The van der Waals surface area contributed by atoms with Crippen LogP contribution in [0.15, 0.2) is 12.1 Å². The van der Waals surface area contributed by atoms with Gasteiger partial charge in [-0.3, -0.25) is 4.79 Å². The van der Waals surface area contributed by atoms with Crippen LogP contribution in [0.25, 0.3) is 0 Å². The summed E-state index contributed by atoms with van der Waals surface area (Å²) in [5, 5.41) is 0. The third-order valence-corrected chi connectivity index (χ3v) is 16.9. The van der Waals surface area contributed by atoms with E-state index in [9.17, 15) is 4.79 Å². The highest BCUT2D eigenvalue weighted by Crippen LogP contribution is 2.64. The second-order valence-corrected chi connectivity index (χ2v) is 18.7. The largest absolute Gasteiger partial charge is 0.540 e. The maximum absolute atomic E-state index is 12.3. The van der Waals surface area contributed by atoms with Gasteiger partial charge in [0.15, 0.2) is 5.75 Å². The quantitative estimate of drug-likeness (QED) is 0.237. The smallest absolute Gasteiger partial charge is 0.306 e. The van der Waals surface area contributed by atoms with E-state index < -0.39 is 8.32 Å². The molecular formula is C32H52O4Si. The molecule has 0 aliphatic heterocycles. The lowest BCUT2D eigenvalue weighted by Gasteiger charge is -2.51. The molecule has 37 heavy (non-hydrogen) atoms. The van der Waals surface area contributed by atoms with Crippen LogP contribution >= 0.6 is 0 Å². The summed E-state index contributed by atoms with van der Waals surface area (Å²) in [7, 11) is -0.270. The van der Waals surface area contributed by atoms with Crippen molar-refractivity contribution in [2.45, 2.75) is 123 Å². The fraction of sp³-hybridized carbons (Fsp3) is 0.781. The summed E-state index contributed by atoms with van der Waals surface area (Å²) >= 11 is 0. The van der Waals surface area contributed by atoms with Crippen LogP contribution in [0.2, 0.25) is 16.6 Å². The van der Waals surface area contributed by atoms with E-state index in [1.165, 1.54) is 43.2 Å². The average Bonchev–Trinajstić information content (AvgIpc) is 3.17. The summed E-state index contributed by atoms with van der Waals surface area (Å²) in [4.78, 5) is 12.3. The number of rotatable bonds is 9. The number of esters is 1. The minimum atomic E-state index is -2.07. The first-order chi connectivity index (χ1) is 17.5. The summed E-state index contributed by atoms with van der Waals surface area (Å²) < 4.78 is 18.5. The Morgan fingerprint density at radius 3 is 2.27 bits per heavy atom. The minimum absolute atomic E-state index is 0.00780. The van der Waals surface area contributed by atoms with Crippen molar-refractivity contribution in [1.29, 1.82) is 0 Å². The van der Waals surface area contributed by atoms with Crippen molar-refractivity contribution < 1.29 is 18.7 Å². The third kappa shape index (κ3) is 4.87. The van der Waals surface area contributed by atoms with Crippen LogP contribution in [-0.4, -0.2) is 28.0 Å². The van der Waals surface area contributed by atoms with Crippen molar-refractivity contribution in [3.05, 3.63) is 23.3 Å². The molecule has 4 nitrogen and oxygen atoms in total. The van der Waals surface area contributed by atoms with E-state index in [0.29, 0.717) is 53.3 Å². The Morgan fingerprint density at radius 2 is 1.68 bits per heavy atom. The lowest BCUT2D eigenvalue weighted by molar-refractivity contribution is -0.145. The van der Waals surface area contributed by atoms with Gasteiger partial charge in [0.2, 0.25) is 0 Å². The number of carbonyl (C=O) groups is 1. The Hall–Kier alpha value is -1.49. The fourth-order valence-electron chi connectivity index (χ4n) is 9.23. The molecule has 5 atom stereocenters. The SMILES string of the molecule is CCOC(=O)C[C@H]1CC[C@H]2[C@@H]3CCc4cc(O[Si](C(C)C)(C(C)C)C(C)C)c(OC)cc4[C@H]3CC[C@]12C. The maximum Gasteiger partial charge on any atom is 0.306 e. The molecule has 1 aromatic carbocycles. The topological polar surface area (TPSA) is 44.8 Å². The highest BCUT2D eigenvalue weighted by Gasteiger charge is 2.55. The molecule has 3 aliphatic rings. The van der Waals surface area contributed by atoms with E-state index in [4.69, 9.17) is 13.9 Å². The van der Waals surface area contributed by atoms with Gasteiger partial charge >= 0.3 is 5.97 Å². The molecule has 0 aromatic heterocycles. The molecular weight excluding hydrogens is 476 g/mol. The maximum atomic E-state index is 12.3. The Morgan fingerprint density at radius 1 is 1.00 bits per heavy atom. The lowest BCUT2D eigenvalue weighted by atomic mass is 9.54. The van der Waals surface area contributed by atoms with Crippen molar-refractivity contribution in [1.82, 2.24) is 0 Å². The van der Waals surface area contributed by atoms with Crippen LogP contribution in [0.3, 0.4) is 0 Å². The molecule has 0 N–H and O–H groups in total. The minimum Gasteiger partial charge on any atom is -0.540 e. The van der Waals surface area contributed by atoms with E-state index in [1.807, 2.05) is 6.92 Å². The van der Waals surface area contributed by atoms with Gasteiger partial charge in [0.05, 0.1) is 13.7 Å². The van der Waals surface area contributed by atoms with Gasteiger partial charge in [0, 0.05) is 6.42 Å². The molecule has 208 valence electrons. The number of ether oxygens (including phenoxy) is 2. The Kier molecular flexibility index (Phi) is 8.43. The number of hydrogen-bond acceptors (Lipinski definition) is 4. The summed E-state index contributed by atoms with van der Waals surface area (Å²) in [5.74, 6) is 4.33. The normalized spacial score (nSPS) is 29.2. The van der Waals surface area contributed by atoms with Gasteiger partial charge in [-0.05, 0) is 114 Å². The van der Waals surface area contributed by atoms with Crippen LogP contribution in [-0.2, 0) is 16.0 Å². The molecule has 2 saturated carbocycles. The highest BCUT2D eigenvalue weighted by molar-refractivity contribution is 6.78. The molecule has 0 saturated heterocycles. The molecule has 0 bridgehead atoms. The van der Waals surface area contributed by atoms with Crippen molar-refractivity contribution in [3.8, 4) is 11.5 Å². The molecule has 4 rings (SSSR count).